The smallest absolute Gasteiger partial charge is 0.325 e. The topological polar surface area (TPSA) is 91.7 Å². The molecule has 1 aromatic heterocycles. The van der Waals surface area contributed by atoms with Crippen LogP contribution in [0.2, 0.25) is 0 Å². The lowest BCUT2D eigenvalue weighted by molar-refractivity contribution is -0.135. The predicted molar refractivity (Wildman–Crippen MR) is 136 cm³/mol. The number of imide groups is 1. The molecule has 0 spiro atoms. The van der Waals surface area contributed by atoms with Gasteiger partial charge in [0, 0.05) is 18.2 Å². The standard InChI is InChI=1S/C29H27N3O4/c1-20(25-16-23-14-8-9-15-24(23)36-25)30-26(33)19-32-27(34)29(31-28(32)35,17-21-10-4-2-5-11-21)18-22-12-6-3-7-13-22/h2-16,20H,17-19H2,1H3,(H,30,33)(H,31,35)/t20-/m0/s1. The summed E-state index contributed by atoms with van der Waals surface area (Å²) in [6.07, 6.45) is 0.641. The van der Waals surface area contributed by atoms with E-state index in [2.05, 4.69) is 10.6 Å². The summed E-state index contributed by atoms with van der Waals surface area (Å²) >= 11 is 0. The molecule has 1 saturated heterocycles. The molecule has 1 fully saturated rings. The van der Waals surface area contributed by atoms with Gasteiger partial charge in [-0.3, -0.25) is 14.5 Å². The fourth-order valence-corrected chi connectivity index (χ4v) is 4.73. The number of amides is 4. The van der Waals surface area contributed by atoms with Gasteiger partial charge in [0.2, 0.25) is 5.91 Å². The molecule has 4 aromatic rings. The fourth-order valence-electron chi connectivity index (χ4n) is 4.73. The van der Waals surface area contributed by atoms with E-state index in [9.17, 15) is 14.4 Å². The van der Waals surface area contributed by atoms with Crippen molar-refractivity contribution < 1.29 is 18.8 Å². The highest BCUT2D eigenvalue weighted by Gasteiger charge is 2.51. The predicted octanol–water partition coefficient (Wildman–Crippen LogP) is 4.39. The van der Waals surface area contributed by atoms with Gasteiger partial charge in [-0.2, -0.15) is 0 Å². The summed E-state index contributed by atoms with van der Waals surface area (Å²) in [4.78, 5) is 40.6. The number of rotatable bonds is 8. The van der Waals surface area contributed by atoms with Crippen molar-refractivity contribution in [2.24, 2.45) is 0 Å². The lowest BCUT2D eigenvalue weighted by Gasteiger charge is -2.27. The molecule has 1 aliphatic rings. The van der Waals surface area contributed by atoms with Gasteiger partial charge in [0.1, 0.15) is 23.4 Å². The molecule has 36 heavy (non-hydrogen) atoms. The van der Waals surface area contributed by atoms with Crippen molar-refractivity contribution >= 4 is 28.8 Å². The molecular weight excluding hydrogens is 454 g/mol. The second-order valence-electron chi connectivity index (χ2n) is 9.20. The summed E-state index contributed by atoms with van der Waals surface area (Å²) in [5, 5.41) is 6.70. The first-order chi connectivity index (χ1) is 17.4. The summed E-state index contributed by atoms with van der Waals surface area (Å²) in [6, 6.07) is 27.6. The van der Waals surface area contributed by atoms with Crippen molar-refractivity contribution in [2.75, 3.05) is 6.54 Å². The first-order valence-electron chi connectivity index (χ1n) is 11.9. The van der Waals surface area contributed by atoms with Crippen molar-refractivity contribution in [1.82, 2.24) is 15.5 Å². The molecule has 0 radical (unpaired) electrons. The second-order valence-corrected chi connectivity index (χ2v) is 9.20. The van der Waals surface area contributed by atoms with Crippen LogP contribution in [0.5, 0.6) is 0 Å². The maximum Gasteiger partial charge on any atom is 0.325 e. The van der Waals surface area contributed by atoms with Gasteiger partial charge in [-0.25, -0.2) is 4.79 Å². The summed E-state index contributed by atoms with van der Waals surface area (Å²) in [5.41, 5.74) is 1.40. The number of carbonyl (C=O) groups excluding carboxylic acids is 3. The van der Waals surface area contributed by atoms with Crippen LogP contribution in [-0.2, 0) is 22.4 Å². The van der Waals surface area contributed by atoms with Crippen molar-refractivity contribution in [3.05, 3.63) is 108 Å². The number of urea groups is 1. The van der Waals surface area contributed by atoms with Crippen LogP contribution < -0.4 is 10.6 Å². The highest BCUT2D eigenvalue weighted by Crippen LogP contribution is 2.28. The first-order valence-corrected chi connectivity index (χ1v) is 11.9. The lowest BCUT2D eigenvalue weighted by Crippen LogP contribution is -2.51. The second kappa shape index (κ2) is 9.70. The van der Waals surface area contributed by atoms with Gasteiger partial charge < -0.3 is 15.1 Å². The van der Waals surface area contributed by atoms with E-state index >= 15 is 0 Å². The molecule has 5 rings (SSSR count). The van der Waals surface area contributed by atoms with Crippen molar-refractivity contribution in [2.45, 2.75) is 31.3 Å². The van der Waals surface area contributed by atoms with Crippen LogP contribution in [-0.4, -0.2) is 34.8 Å². The molecule has 2 N–H and O–H groups in total. The maximum atomic E-state index is 13.7. The molecule has 3 aromatic carbocycles. The number of carbonyl (C=O) groups is 3. The van der Waals surface area contributed by atoms with Gasteiger partial charge in [-0.15, -0.1) is 0 Å². The normalized spacial score (nSPS) is 15.6. The number of nitrogens with one attached hydrogen (secondary N) is 2. The molecule has 2 heterocycles. The average Bonchev–Trinajstić information content (AvgIpc) is 3.41. The minimum absolute atomic E-state index is 0.320. The SMILES string of the molecule is C[C@H](NC(=O)CN1C(=O)NC(Cc2ccccc2)(Cc2ccccc2)C1=O)c1cc2ccccc2o1. The van der Waals surface area contributed by atoms with E-state index in [1.807, 2.05) is 91.0 Å². The number of hydrogen-bond donors (Lipinski definition) is 2. The van der Waals surface area contributed by atoms with Gasteiger partial charge in [-0.1, -0.05) is 78.9 Å². The Labute approximate surface area is 209 Å². The van der Waals surface area contributed by atoms with Crippen molar-refractivity contribution in [3.8, 4) is 0 Å². The van der Waals surface area contributed by atoms with Crippen LogP contribution >= 0.6 is 0 Å². The van der Waals surface area contributed by atoms with E-state index in [-0.39, 0.29) is 6.54 Å². The third kappa shape index (κ3) is 4.73. The van der Waals surface area contributed by atoms with Crippen LogP contribution in [0.1, 0.15) is 29.9 Å². The van der Waals surface area contributed by atoms with Crippen LogP contribution in [0.15, 0.2) is 95.4 Å². The number of nitrogens with zero attached hydrogens (tertiary/aromatic N) is 1. The van der Waals surface area contributed by atoms with E-state index in [1.165, 1.54) is 0 Å². The third-order valence-corrected chi connectivity index (χ3v) is 6.49. The number of benzene rings is 3. The van der Waals surface area contributed by atoms with Gasteiger partial charge in [0.05, 0.1) is 6.04 Å². The molecule has 0 bridgehead atoms. The average molecular weight is 482 g/mol. The zero-order valence-corrected chi connectivity index (χ0v) is 19.9. The first kappa shape index (κ1) is 23.4. The lowest BCUT2D eigenvalue weighted by atomic mass is 9.84. The number of furan rings is 1. The third-order valence-electron chi connectivity index (χ3n) is 6.49. The molecule has 4 amide bonds. The Morgan fingerprint density at radius 2 is 1.50 bits per heavy atom. The monoisotopic (exact) mass is 481 g/mol. The number of fused-ring (bicyclic) bond motifs is 1. The molecule has 0 saturated carbocycles. The summed E-state index contributed by atoms with van der Waals surface area (Å²) in [6.45, 7) is 1.43. The molecule has 1 aliphatic heterocycles. The Morgan fingerprint density at radius 3 is 2.11 bits per heavy atom. The molecule has 1 atom stereocenters. The Bertz CT molecular complexity index is 1320. The van der Waals surface area contributed by atoms with E-state index in [4.69, 9.17) is 4.42 Å². The molecule has 0 unspecified atom stereocenters. The maximum absolute atomic E-state index is 13.7. The van der Waals surface area contributed by atoms with Crippen LogP contribution in [0, 0.1) is 0 Å². The largest absolute Gasteiger partial charge is 0.459 e. The molecule has 0 aliphatic carbocycles. The van der Waals surface area contributed by atoms with Crippen LogP contribution in [0.25, 0.3) is 11.0 Å². The van der Waals surface area contributed by atoms with Gasteiger partial charge in [0.15, 0.2) is 0 Å². The Balaban J connectivity index is 1.33. The van der Waals surface area contributed by atoms with Crippen molar-refractivity contribution in [1.29, 1.82) is 0 Å². The van der Waals surface area contributed by atoms with Gasteiger partial charge in [-0.05, 0) is 30.2 Å². The van der Waals surface area contributed by atoms with Gasteiger partial charge >= 0.3 is 6.03 Å². The van der Waals surface area contributed by atoms with Crippen molar-refractivity contribution in [3.63, 3.8) is 0 Å². The summed E-state index contributed by atoms with van der Waals surface area (Å²) < 4.78 is 5.83. The Kier molecular flexibility index (Phi) is 6.29. The Morgan fingerprint density at radius 1 is 0.917 bits per heavy atom. The van der Waals surface area contributed by atoms with Crippen LogP contribution in [0.3, 0.4) is 0 Å². The quantitative estimate of drug-likeness (QED) is 0.365. The molecule has 7 nitrogen and oxygen atoms in total. The highest BCUT2D eigenvalue weighted by molar-refractivity contribution is 6.09. The number of para-hydroxylation sites is 1. The van der Waals surface area contributed by atoms with E-state index in [0.29, 0.717) is 18.6 Å². The zero-order chi connectivity index (χ0) is 25.1. The Hall–Kier alpha value is -4.39. The summed E-state index contributed by atoms with van der Waals surface area (Å²) in [7, 11) is 0. The minimum atomic E-state index is -1.18. The fraction of sp³-hybridized carbons (Fsp3) is 0.207. The van der Waals surface area contributed by atoms with E-state index in [0.717, 1.165) is 27.0 Å². The minimum Gasteiger partial charge on any atom is -0.459 e. The molecule has 7 heteroatoms. The van der Waals surface area contributed by atoms with E-state index in [1.54, 1.807) is 6.92 Å². The van der Waals surface area contributed by atoms with Gasteiger partial charge in [0.25, 0.3) is 5.91 Å². The van der Waals surface area contributed by atoms with E-state index < -0.39 is 29.4 Å². The van der Waals surface area contributed by atoms with Crippen LogP contribution in [0.4, 0.5) is 4.79 Å². The zero-order valence-electron chi connectivity index (χ0n) is 19.9. The molecule has 182 valence electrons. The highest BCUT2D eigenvalue weighted by atomic mass is 16.3. The number of hydrogen-bond acceptors (Lipinski definition) is 4. The summed E-state index contributed by atoms with van der Waals surface area (Å²) in [5.74, 6) is -0.252. The molecular formula is C29H27N3O4.